The SMILES string of the molecule is C1CCCC1.NCCNCCN.O=[PH]([O-])O.[Na+]. The molecule has 1 aliphatic carbocycles. The second kappa shape index (κ2) is 22.2. The van der Waals surface area contributed by atoms with Crippen LogP contribution in [0.2, 0.25) is 0 Å². The molecule has 0 spiro atoms. The van der Waals surface area contributed by atoms with Crippen molar-refractivity contribution in [2.24, 2.45) is 11.5 Å². The largest absolute Gasteiger partial charge is 1.00 e. The third kappa shape index (κ3) is 38.2. The zero-order valence-corrected chi connectivity index (χ0v) is 13.8. The van der Waals surface area contributed by atoms with E-state index >= 15 is 0 Å². The van der Waals surface area contributed by atoms with Crippen LogP contribution in [0.15, 0.2) is 0 Å². The first-order valence-corrected chi connectivity index (χ1v) is 6.92. The van der Waals surface area contributed by atoms with Crippen LogP contribution in [0.1, 0.15) is 32.1 Å². The quantitative estimate of drug-likeness (QED) is 0.237. The Kier molecular flexibility index (Phi) is 30.3. The molecule has 100 valence electrons. The van der Waals surface area contributed by atoms with Gasteiger partial charge in [0.2, 0.25) is 0 Å². The van der Waals surface area contributed by atoms with Gasteiger partial charge in [-0.3, -0.25) is 0 Å². The molecule has 0 aromatic heterocycles. The zero-order valence-electron chi connectivity index (χ0n) is 10.8. The molecule has 1 aliphatic rings. The molecule has 0 aliphatic heterocycles. The van der Waals surface area contributed by atoms with Gasteiger partial charge in [0.15, 0.2) is 0 Å². The van der Waals surface area contributed by atoms with E-state index in [2.05, 4.69) is 5.32 Å². The Morgan fingerprint density at radius 1 is 1.06 bits per heavy atom. The van der Waals surface area contributed by atoms with Crippen LogP contribution in [0.5, 0.6) is 0 Å². The van der Waals surface area contributed by atoms with Gasteiger partial charge in [-0.1, -0.05) is 32.1 Å². The maximum Gasteiger partial charge on any atom is 1.00 e. The summed E-state index contributed by atoms with van der Waals surface area (Å²) in [6.45, 7) is 3.13. The third-order valence-corrected chi connectivity index (χ3v) is 1.89. The van der Waals surface area contributed by atoms with Crippen LogP contribution in [0.3, 0.4) is 0 Å². The Bertz CT molecular complexity index is 136. The Hall–Kier alpha value is 1.03. The van der Waals surface area contributed by atoms with E-state index in [1.54, 1.807) is 0 Å². The van der Waals surface area contributed by atoms with Crippen LogP contribution in [0.4, 0.5) is 0 Å². The van der Waals surface area contributed by atoms with Crippen molar-refractivity contribution < 1.29 is 43.9 Å². The Labute approximate surface area is 127 Å². The molecule has 0 heterocycles. The number of nitrogens with one attached hydrogen (secondary N) is 1. The van der Waals surface area contributed by atoms with Gasteiger partial charge in [0.25, 0.3) is 0 Å². The monoisotopic (exact) mass is 277 g/mol. The number of hydrogen-bond acceptors (Lipinski definition) is 5. The predicted molar refractivity (Wildman–Crippen MR) is 65.3 cm³/mol. The molecule has 0 aromatic carbocycles. The Balaban J connectivity index is -0.000000175. The smallest absolute Gasteiger partial charge is 0.781 e. The fourth-order valence-electron chi connectivity index (χ4n) is 1.21. The van der Waals surface area contributed by atoms with E-state index in [0.717, 1.165) is 13.1 Å². The van der Waals surface area contributed by atoms with Crippen LogP contribution in [-0.4, -0.2) is 31.1 Å². The Morgan fingerprint density at radius 3 is 1.47 bits per heavy atom. The maximum absolute atomic E-state index is 8.63. The molecular weight excluding hydrogens is 252 g/mol. The van der Waals surface area contributed by atoms with Crippen LogP contribution >= 0.6 is 8.25 Å². The summed E-state index contributed by atoms with van der Waals surface area (Å²) in [7, 11) is -3.38. The van der Waals surface area contributed by atoms with Gasteiger partial charge in [-0.15, -0.1) is 0 Å². The van der Waals surface area contributed by atoms with Crippen LogP contribution in [0, 0.1) is 0 Å². The van der Waals surface area contributed by atoms with Gasteiger partial charge in [-0.05, 0) is 0 Å². The molecule has 8 heteroatoms. The topological polar surface area (TPSA) is 124 Å². The summed E-state index contributed by atoms with van der Waals surface area (Å²) in [6.07, 6.45) is 7.50. The van der Waals surface area contributed by atoms with Gasteiger partial charge in [0.05, 0.1) is 0 Å². The molecule has 0 saturated heterocycles. The molecule has 1 saturated carbocycles. The molecule has 6 nitrogen and oxygen atoms in total. The first-order chi connectivity index (χ1) is 7.65. The van der Waals surface area contributed by atoms with Gasteiger partial charge >= 0.3 is 29.6 Å². The molecular formula is C9H25N3NaO3P. The fraction of sp³-hybridized carbons (Fsp3) is 1.00. The van der Waals surface area contributed by atoms with Crippen molar-refractivity contribution in [3.8, 4) is 0 Å². The summed E-state index contributed by atoms with van der Waals surface area (Å²) in [5.74, 6) is 0. The molecule has 1 fully saturated rings. The van der Waals surface area contributed by atoms with E-state index in [1.807, 2.05) is 0 Å². The normalized spacial score (nSPS) is 14.6. The number of nitrogens with two attached hydrogens (primary N) is 2. The van der Waals surface area contributed by atoms with E-state index in [0.29, 0.717) is 13.1 Å². The summed E-state index contributed by atoms with van der Waals surface area (Å²) >= 11 is 0. The summed E-state index contributed by atoms with van der Waals surface area (Å²) in [5.41, 5.74) is 10.3. The van der Waals surface area contributed by atoms with E-state index in [1.165, 1.54) is 32.1 Å². The standard InChI is InChI=1S/C5H10.C4H13N3.Na.H3O3P/c1-2-4-5-3-1;5-1-3-7-4-2-6;;1-4(2)3/h1-5H2;7H,1-6H2;;4H,(H2,1,2,3)/q;;+1;/p-1. The summed E-state index contributed by atoms with van der Waals surface area (Å²) in [4.78, 5) is 15.7. The molecule has 0 aromatic rings. The van der Waals surface area contributed by atoms with E-state index in [9.17, 15) is 0 Å². The fourth-order valence-corrected chi connectivity index (χ4v) is 1.21. The summed E-state index contributed by atoms with van der Waals surface area (Å²) < 4.78 is 8.63. The third-order valence-electron chi connectivity index (χ3n) is 1.89. The second-order valence-electron chi connectivity index (χ2n) is 3.36. The minimum Gasteiger partial charge on any atom is -0.781 e. The minimum absolute atomic E-state index is 0. The molecule has 1 atom stereocenters. The van der Waals surface area contributed by atoms with Gasteiger partial charge in [0, 0.05) is 26.2 Å². The van der Waals surface area contributed by atoms with Crippen molar-refractivity contribution in [2.45, 2.75) is 32.1 Å². The average molecular weight is 277 g/mol. The van der Waals surface area contributed by atoms with Crippen molar-refractivity contribution >= 4 is 8.25 Å². The predicted octanol–water partition coefficient (Wildman–Crippen LogP) is -3.82. The van der Waals surface area contributed by atoms with Gasteiger partial charge in [-0.25, -0.2) is 0 Å². The van der Waals surface area contributed by atoms with Gasteiger partial charge < -0.3 is 31.1 Å². The van der Waals surface area contributed by atoms with Gasteiger partial charge in [-0.2, -0.15) is 0 Å². The van der Waals surface area contributed by atoms with Crippen LogP contribution in [-0.2, 0) is 4.57 Å². The Morgan fingerprint density at radius 2 is 1.29 bits per heavy atom. The zero-order chi connectivity index (χ0) is 12.6. The van der Waals surface area contributed by atoms with Crippen molar-refractivity contribution in [1.29, 1.82) is 0 Å². The maximum atomic E-state index is 8.63. The van der Waals surface area contributed by atoms with Crippen LogP contribution < -0.4 is 51.2 Å². The molecule has 6 N–H and O–H groups in total. The summed E-state index contributed by atoms with van der Waals surface area (Å²) in [5, 5.41) is 3.03. The molecule has 17 heavy (non-hydrogen) atoms. The first kappa shape index (κ1) is 23.1. The molecule has 0 amide bonds. The van der Waals surface area contributed by atoms with E-state index < -0.39 is 8.25 Å². The molecule has 0 radical (unpaired) electrons. The molecule has 1 rings (SSSR count). The minimum atomic E-state index is -3.38. The van der Waals surface area contributed by atoms with E-state index in [-0.39, 0.29) is 29.6 Å². The van der Waals surface area contributed by atoms with E-state index in [4.69, 9.17) is 25.8 Å². The van der Waals surface area contributed by atoms with Crippen molar-refractivity contribution in [2.75, 3.05) is 26.2 Å². The second-order valence-corrected chi connectivity index (χ2v) is 3.89. The van der Waals surface area contributed by atoms with Crippen LogP contribution in [0.25, 0.3) is 0 Å². The molecule has 1 unspecified atom stereocenters. The average Bonchev–Trinajstić information content (AvgIpc) is 2.75. The van der Waals surface area contributed by atoms with Crippen molar-refractivity contribution in [1.82, 2.24) is 5.32 Å². The molecule has 0 bridgehead atoms. The number of hydrogen-bond donors (Lipinski definition) is 4. The van der Waals surface area contributed by atoms with Crippen molar-refractivity contribution in [3.05, 3.63) is 0 Å². The number of rotatable bonds is 4. The first-order valence-electron chi connectivity index (χ1n) is 5.66. The van der Waals surface area contributed by atoms with Crippen molar-refractivity contribution in [3.63, 3.8) is 0 Å². The van der Waals surface area contributed by atoms with Gasteiger partial charge in [0.1, 0.15) is 8.25 Å². The summed E-state index contributed by atoms with van der Waals surface area (Å²) in [6, 6.07) is 0.